The minimum Gasteiger partial charge on any atom is -0.324 e. The predicted molar refractivity (Wildman–Crippen MR) is 137 cm³/mol. The van der Waals surface area contributed by atoms with E-state index in [0.717, 1.165) is 29.1 Å². The number of urea groups is 1. The lowest BCUT2D eigenvalue weighted by molar-refractivity contribution is 0.151. The number of carbonyl (C=O) groups excluding carboxylic acids is 1. The van der Waals surface area contributed by atoms with Gasteiger partial charge in [0.05, 0.1) is 27.7 Å². The van der Waals surface area contributed by atoms with Crippen LogP contribution >= 0.6 is 0 Å². The number of fused-ring (bicyclic) bond motifs is 2. The standard InChI is InChI=1S/C26H29F2N5O3S/c1-17-23(18(2)31(3)30-17)29-25(34)32-14-12-26(13-15-32)16-33(22-7-5-4-6-21(22)26)37(35,36)20-10-8-19(9-11-20)24(27)28/h4-11,24H,12-16H2,1-3H3,(H,29,34). The summed E-state index contributed by atoms with van der Waals surface area (Å²) in [4.78, 5) is 14.8. The van der Waals surface area contributed by atoms with Gasteiger partial charge in [-0.1, -0.05) is 30.3 Å². The van der Waals surface area contributed by atoms with E-state index in [-0.39, 0.29) is 23.0 Å². The second-order valence-electron chi connectivity index (χ2n) is 9.77. The van der Waals surface area contributed by atoms with Gasteiger partial charge in [0.15, 0.2) is 0 Å². The molecule has 0 saturated carbocycles. The van der Waals surface area contributed by atoms with Gasteiger partial charge < -0.3 is 10.2 Å². The van der Waals surface area contributed by atoms with Crippen LogP contribution in [0.1, 0.15) is 41.8 Å². The summed E-state index contributed by atoms with van der Waals surface area (Å²) in [5, 5.41) is 7.32. The number of para-hydroxylation sites is 1. The Morgan fingerprint density at radius 1 is 1.05 bits per heavy atom. The second kappa shape index (κ2) is 9.13. The highest BCUT2D eigenvalue weighted by Gasteiger charge is 2.48. The number of hydrogen-bond acceptors (Lipinski definition) is 4. The molecule has 8 nitrogen and oxygen atoms in total. The molecule has 2 amide bonds. The van der Waals surface area contributed by atoms with Crippen molar-refractivity contribution in [3.8, 4) is 0 Å². The van der Waals surface area contributed by atoms with Crippen LogP contribution in [0.2, 0.25) is 0 Å². The molecule has 1 spiro atoms. The van der Waals surface area contributed by atoms with Crippen molar-refractivity contribution in [3.63, 3.8) is 0 Å². The largest absolute Gasteiger partial charge is 0.324 e. The van der Waals surface area contributed by atoms with Crippen molar-refractivity contribution < 1.29 is 22.0 Å². The van der Waals surface area contributed by atoms with Gasteiger partial charge >= 0.3 is 6.03 Å². The summed E-state index contributed by atoms with van der Waals surface area (Å²) in [6, 6.07) is 12.0. The molecule has 3 heterocycles. The SMILES string of the molecule is Cc1nn(C)c(C)c1NC(=O)N1CCC2(CC1)CN(S(=O)(=O)c1ccc(C(F)F)cc1)c1ccccc12. The van der Waals surface area contributed by atoms with Crippen LogP contribution in [-0.2, 0) is 22.5 Å². The van der Waals surface area contributed by atoms with E-state index < -0.39 is 21.9 Å². The number of benzene rings is 2. The van der Waals surface area contributed by atoms with Crippen molar-refractivity contribution in [3.05, 3.63) is 71.0 Å². The maximum absolute atomic E-state index is 13.6. The highest BCUT2D eigenvalue weighted by molar-refractivity contribution is 7.92. The Kier molecular flexibility index (Phi) is 6.21. The third-order valence-corrected chi connectivity index (χ3v) is 9.43. The van der Waals surface area contributed by atoms with Gasteiger partial charge in [-0.25, -0.2) is 22.0 Å². The Hall–Kier alpha value is -3.47. The Balaban J connectivity index is 1.36. The van der Waals surface area contributed by atoms with Crippen LogP contribution in [0.5, 0.6) is 0 Å². The van der Waals surface area contributed by atoms with Crippen molar-refractivity contribution in [2.45, 2.75) is 43.4 Å². The van der Waals surface area contributed by atoms with E-state index in [1.165, 1.54) is 16.4 Å². The quantitative estimate of drug-likeness (QED) is 0.529. The Bertz CT molecular complexity index is 1450. The minimum absolute atomic E-state index is 0.0252. The van der Waals surface area contributed by atoms with E-state index in [9.17, 15) is 22.0 Å². The van der Waals surface area contributed by atoms with Gasteiger partial charge in [0.25, 0.3) is 16.4 Å². The lowest BCUT2D eigenvalue weighted by atomic mass is 9.74. The molecule has 1 fully saturated rings. The highest BCUT2D eigenvalue weighted by Crippen LogP contribution is 2.48. The molecule has 37 heavy (non-hydrogen) atoms. The molecular formula is C26H29F2N5O3S. The van der Waals surface area contributed by atoms with Crippen molar-refractivity contribution in [1.82, 2.24) is 14.7 Å². The maximum Gasteiger partial charge on any atom is 0.321 e. The smallest absolute Gasteiger partial charge is 0.321 e. The molecule has 2 aromatic carbocycles. The number of piperidine rings is 1. The zero-order valence-corrected chi connectivity index (χ0v) is 21.7. The molecule has 0 aliphatic carbocycles. The van der Waals surface area contributed by atoms with Crippen LogP contribution in [0.3, 0.4) is 0 Å². The summed E-state index contributed by atoms with van der Waals surface area (Å²) in [7, 11) is -2.13. The first-order chi connectivity index (χ1) is 17.5. The summed E-state index contributed by atoms with van der Waals surface area (Å²) in [5.41, 5.74) is 3.18. The van der Waals surface area contributed by atoms with Crippen LogP contribution in [-0.4, -0.2) is 48.8 Å². The number of likely N-dealkylation sites (tertiary alicyclic amines) is 1. The molecule has 11 heteroatoms. The zero-order valence-electron chi connectivity index (χ0n) is 20.9. The number of halogens is 2. The van der Waals surface area contributed by atoms with E-state index in [1.54, 1.807) is 21.7 Å². The topological polar surface area (TPSA) is 87.5 Å². The summed E-state index contributed by atoms with van der Waals surface area (Å²) >= 11 is 0. The normalized spacial score (nSPS) is 16.9. The number of aromatic nitrogens is 2. The van der Waals surface area contributed by atoms with Crippen LogP contribution in [0.25, 0.3) is 0 Å². The number of carbonyl (C=O) groups is 1. The van der Waals surface area contributed by atoms with Crippen molar-refractivity contribution >= 4 is 27.4 Å². The monoisotopic (exact) mass is 529 g/mol. The molecule has 1 saturated heterocycles. The molecule has 0 radical (unpaired) electrons. The number of amides is 2. The zero-order chi connectivity index (χ0) is 26.5. The van der Waals surface area contributed by atoms with Gasteiger partial charge in [0.2, 0.25) is 0 Å². The van der Waals surface area contributed by atoms with Gasteiger partial charge in [-0.3, -0.25) is 8.99 Å². The van der Waals surface area contributed by atoms with E-state index in [0.29, 0.717) is 37.3 Å². The second-order valence-corrected chi connectivity index (χ2v) is 11.6. The van der Waals surface area contributed by atoms with Crippen molar-refractivity contribution in [2.75, 3.05) is 29.3 Å². The summed E-state index contributed by atoms with van der Waals surface area (Å²) < 4.78 is 56.3. The summed E-state index contributed by atoms with van der Waals surface area (Å²) in [6.07, 6.45) is -1.47. The summed E-state index contributed by atoms with van der Waals surface area (Å²) in [5.74, 6) is 0. The first-order valence-electron chi connectivity index (χ1n) is 12.1. The fraction of sp³-hybridized carbons (Fsp3) is 0.385. The van der Waals surface area contributed by atoms with E-state index >= 15 is 0 Å². The van der Waals surface area contributed by atoms with E-state index in [2.05, 4.69) is 10.4 Å². The Morgan fingerprint density at radius 3 is 2.30 bits per heavy atom. The Morgan fingerprint density at radius 2 is 1.70 bits per heavy atom. The molecule has 1 aromatic heterocycles. The summed E-state index contributed by atoms with van der Waals surface area (Å²) in [6.45, 7) is 4.91. The van der Waals surface area contributed by atoms with Gasteiger partial charge in [-0.05, 0) is 50.5 Å². The van der Waals surface area contributed by atoms with Crippen LogP contribution in [0, 0.1) is 13.8 Å². The highest BCUT2D eigenvalue weighted by atomic mass is 32.2. The number of rotatable bonds is 4. The van der Waals surface area contributed by atoms with E-state index in [1.807, 2.05) is 33.0 Å². The van der Waals surface area contributed by atoms with E-state index in [4.69, 9.17) is 0 Å². The molecule has 2 aliphatic heterocycles. The van der Waals surface area contributed by atoms with Crippen LogP contribution < -0.4 is 9.62 Å². The number of anilines is 2. The lowest BCUT2D eigenvalue weighted by Crippen LogP contribution is -2.49. The van der Waals surface area contributed by atoms with Crippen LogP contribution in [0.15, 0.2) is 53.4 Å². The maximum atomic E-state index is 13.6. The predicted octanol–water partition coefficient (Wildman–Crippen LogP) is 4.75. The molecule has 0 unspecified atom stereocenters. The fourth-order valence-corrected chi connectivity index (χ4v) is 6.99. The molecule has 2 aliphatic rings. The third-order valence-electron chi connectivity index (χ3n) is 7.66. The van der Waals surface area contributed by atoms with Gasteiger partial charge in [-0.2, -0.15) is 5.10 Å². The number of aryl methyl sites for hydroxylation is 2. The van der Waals surface area contributed by atoms with Gasteiger partial charge in [0.1, 0.15) is 0 Å². The van der Waals surface area contributed by atoms with Gasteiger partial charge in [0, 0.05) is 37.7 Å². The molecular weight excluding hydrogens is 500 g/mol. The first-order valence-corrected chi connectivity index (χ1v) is 13.5. The molecule has 0 atom stereocenters. The molecule has 3 aromatic rings. The molecule has 196 valence electrons. The first kappa shape index (κ1) is 25.2. The van der Waals surface area contributed by atoms with Crippen molar-refractivity contribution in [2.24, 2.45) is 7.05 Å². The number of sulfonamides is 1. The average molecular weight is 530 g/mol. The van der Waals surface area contributed by atoms with Crippen molar-refractivity contribution in [1.29, 1.82) is 0 Å². The molecule has 5 rings (SSSR count). The van der Waals surface area contributed by atoms with Crippen LogP contribution in [0.4, 0.5) is 25.0 Å². The number of nitrogens with one attached hydrogen (secondary N) is 1. The molecule has 0 bridgehead atoms. The lowest BCUT2D eigenvalue weighted by Gasteiger charge is -2.39. The van der Waals surface area contributed by atoms with Gasteiger partial charge in [-0.15, -0.1) is 0 Å². The third kappa shape index (κ3) is 4.24. The average Bonchev–Trinajstić information content (AvgIpc) is 3.33. The minimum atomic E-state index is -3.96. The molecule has 1 N–H and O–H groups in total. The Labute approximate surface area is 214 Å². The number of hydrogen-bond donors (Lipinski definition) is 1. The number of nitrogens with zero attached hydrogens (tertiary/aromatic N) is 4. The fourth-order valence-electron chi connectivity index (χ4n) is 5.42. The number of alkyl halides is 2.